The minimum atomic E-state index is -1.15. The molecule has 3 fully saturated rings. The molecule has 7 nitrogen and oxygen atoms in total. The van der Waals surface area contributed by atoms with Gasteiger partial charge in [0.05, 0.1) is 6.42 Å². The van der Waals surface area contributed by atoms with Crippen LogP contribution in [-0.2, 0) is 23.9 Å². The van der Waals surface area contributed by atoms with E-state index >= 15 is 0 Å². The summed E-state index contributed by atoms with van der Waals surface area (Å²) in [6.45, 7) is 4.64. The van der Waals surface area contributed by atoms with Gasteiger partial charge in [0.15, 0.2) is 5.78 Å². The lowest BCUT2D eigenvalue weighted by Crippen LogP contribution is -2.51. The number of fused-ring (bicyclic) bond motifs is 5. The predicted molar refractivity (Wildman–Crippen MR) is 129 cm³/mol. The van der Waals surface area contributed by atoms with E-state index in [-0.39, 0.29) is 41.3 Å². The van der Waals surface area contributed by atoms with E-state index in [1.807, 2.05) is 6.08 Å². The summed E-state index contributed by atoms with van der Waals surface area (Å²) in [4.78, 5) is 47.7. The number of thiol groups is 1. The van der Waals surface area contributed by atoms with Crippen LogP contribution >= 0.6 is 12.6 Å². The number of allylic oxidation sites excluding steroid dienone is 1. The van der Waals surface area contributed by atoms with Crippen molar-refractivity contribution in [1.29, 1.82) is 0 Å². The Balaban J connectivity index is 1.35. The Morgan fingerprint density at radius 1 is 1.12 bits per heavy atom. The number of hydrogen-bond acceptors (Lipinski definition) is 6. The molecule has 0 aromatic rings. The third kappa shape index (κ3) is 4.54. The quantitative estimate of drug-likeness (QED) is 0.370. The van der Waals surface area contributed by atoms with Gasteiger partial charge in [-0.15, -0.1) is 0 Å². The lowest BCUT2D eigenvalue weighted by Gasteiger charge is -2.57. The zero-order valence-electron chi connectivity index (χ0n) is 20.2. The standard InChI is InChI=1S/C26H37NO6S/c1-25-11-9-16(28)13-15(25)3-4-17-18-5-6-21(26(18,2)12-10-19(17)25)33-23(30)8-7-22(29)27-20(14-34)24(31)32/h13,17-21,34H,3-12,14H2,1-2H3,(H,27,29)(H,31,32)/t17-,18-,19-,20-,21+,25+,26+/m1/s1. The maximum absolute atomic E-state index is 12.6. The van der Waals surface area contributed by atoms with Crippen LogP contribution in [0.2, 0.25) is 0 Å². The van der Waals surface area contributed by atoms with Crippen LogP contribution in [0, 0.1) is 28.6 Å². The van der Waals surface area contributed by atoms with E-state index in [0.29, 0.717) is 24.2 Å². The highest BCUT2D eigenvalue weighted by Gasteiger charge is 2.59. The zero-order valence-corrected chi connectivity index (χ0v) is 21.1. The maximum atomic E-state index is 12.6. The first-order valence-electron chi connectivity index (χ1n) is 12.6. The summed E-state index contributed by atoms with van der Waals surface area (Å²) in [5, 5.41) is 11.4. The van der Waals surface area contributed by atoms with Gasteiger partial charge in [0, 0.05) is 24.0 Å². The minimum Gasteiger partial charge on any atom is -0.480 e. The average molecular weight is 492 g/mol. The first-order valence-corrected chi connectivity index (χ1v) is 13.3. The van der Waals surface area contributed by atoms with Crippen LogP contribution in [0.25, 0.3) is 0 Å². The molecule has 0 radical (unpaired) electrons. The van der Waals surface area contributed by atoms with E-state index in [0.717, 1.165) is 44.9 Å². The van der Waals surface area contributed by atoms with Gasteiger partial charge in [-0.3, -0.25) is 14.4 Å². The molecule has 4 aliphatic carbocycles. The molecule has 4 aliphatic rings. The summed E-state index contributed by atoms with van der Waals surface area (Å²) < 4.78 is 5.93. The topological polar surface area (TPSA) is 110 Å². The number of carbonyl (C=O) groups is 4. The van der Waals surface area contributed by atoms with E-state index in [9.17, 15) is 19.2 Å². The highest BCUT2D eigenvalue weighted by Crippen LogP contribution is 2.65. The SMILES string of the molecule is C[C@]12CC[C@@H]3[C@H](CCC4=CC(=O)CC[C@@]43C)[C@H]1CC[C@@H]2OC(=O)CCC(=O)N[C@H](CS)C(=O)O. The number of esters is 1. The number of nitrogens with one attached hydrogen (secondary N) is 1. The van der Waals surface area contributed by atoms with Gasteiger partial charge >= 0.3 is 11.9 Å². The van der Waals surface area contributed by atoms with Crippen molar-refractivity contribution in [3.63, 3.8) is 0 Å². The highest BCUT2D eigenvalue weighted by molar-refractivity contribution is 7.80. The molecule has 7 atom stereocenters. The molecule has 188 valence electrons. The number of carbonyl (C=O) groups excluding carboxylic acids is 3. The van der Waals surface area contributed by atoms with Gasteiger partial charge in [-0.2, -0.15) is 12.6 Å². The van der Waals surface area contributed by atoms with Crippen molar-refractivity contribution in [2.75, 3.05) is 5.75 Å². The Hall–Kier alpha value is -1.83. The van der Waals surface area contributed by atoms with Crippen LogP contribution in [0.5, 0.6) is 0 Å². The van der Waals surface area contributed by atoms with Gasteiger partial charge in [-0.05, 0) is 74.2 Å². The molecule has 2 N–H and O–H groups in total. The van der Waals surface area contributed by atoms with Crippen LogP contribution < -0.4 is 5.32 Å². The second-order valence-corrected chi connectivity index (χ2v) is 11.6. The molecule has 0 spiro atoms. The molecule has 0 bridgehead atoms. The van der Waals surface area contributed by atoms with Crippen molar-refractivity contribution in [2.45, 2.75) is 90.2 Å². The fourth-order valence-corrected chi connectivity index (χ4v) is 7.84. The Morgan fingerprint density at radius 3 is 2.59 bits per heavy atom. The fraction of sp³-hybridized carbons (Fsp3) is 0.769. The Bertz CT molecular complexity index is 902. The largest absolute Gasteiger partial charge is 0.480 e. The van der Waals surface area contributed by atoms with Gasteiger partial charge < -0.3 is 15.2 Å². The van der Waals surface area contributed by atoms with Gasteiger partial charge in [0.1, 0.15) is 12.1 Å². The second kappa shape index (κ2) is 9.67. The van der Waals surface area contributed by atoms with Crippen molar-refractivity contribution in [1.82, 2.24) is 5.32 Å². The smallest absolute Gasteiger partial charge is 0.327 e. The predicted octanol–water partition coefficient (Wildman–Crippen LogP) is 3.71. The summed E-state index contributed by atoms with van der Waals surface area (Å²) in [5.41, 5.74) is 1.43. The average Bonchev–Trinajstić information content (AvgIpc) is 3.12. The van der Waals surface area contributed by atoms with Gasteiger partial charge in [0.2, 0.25) is 5.91 Å². The number of carboxylic acids is 1. The van der Waals surface area contributed by atoms with E-state index in [1.54, 1.807) is 0 Å². The summed E-state index contributed by atoms with van der Waals surface area (Å²) in [7, 11) is 0. The molecule has 0 aromatic carbocycles. The van der Waals surface area contributed by atoms with Crippen molar-refractivity contribution in [2.24, 2.45) is 28.6 Å². The van der Waals surface area contributed by atoms with Gasteiger partial charge in [-0.1, -0.05) is 19.4 Å². The highest BCUT2D eigenvalue weighted by atomic mass is 32.1. The van der Waals surface area contributed by atoms with Crippen LogP contribution in [-0.4, -0.2) is 46.6 Å². The molecule has 4 rings (SSSR count). The van der Waals surface area contributed by atoms with Crippen LogP contribution in [0.4, 0.5) is 0 Å². The van der Waals surface area contributed by atoms with Crippen molar-refractivity contribution >= 4 is 36.3 Å². The molecule has 34 heavy (non-hydrogen) atoms. The molecular formula is C26H37NO6S. The minimum absolute atomic E-state index is 0.0118. The molecule has 0 unspecified atom stereocenters. The number of ketones is 1. The summed E-state index contributed by atoms with van der Waals surface area (Å²) in [6, 6.07) is -1.06. The Morgan fingerprint density at radius 2 is 1.88 bits per heavy atom. The van der Waals surface area contributed by atoms with Crippen molar-refractivity contribution < 1.29 is 29.0 Å². The molecule has 8 heteroatoms. The molecular weight excluding hydrogens is 454 g/mol. The normalized spacial score (nSPS) is 37.5. The number of amides is 1. The molecule has 3 saturated carbocycles. The van der Waals surface area contributed by atoms with Crippen LogP contribution in [0.1, 0.15) is 78.1 Å². The fourth-order valence-electron chi connectivity index (χ4n) is 7.59. The lowest BCUT2D eigenvalue weighted by atomic mass is 9.47. The number of aliphatic carboxylic acids is 1. The first-order chi connectivity index (χ1) is 16.1. The Labute approximate surface area is 206 Å². The number of hydrogen-bond donors (Lipinski definition) is 3. The third-order valence-electron chi connectivity index (χ3n) is 9.52. The molecule has 0 aliphatic heterocycles. The lowest BCUT2D eigenvalue weighted by molar-refractivity contribution is -0.160. The molecule has 1 amide bonds. The van der Waals surface area contributed by atoms with Gasteiger partial charge in [0.25, 0.3) is 0 Å². The van der Waals surface area contributed by atoms with Crippen molar-refractivity contribution in [3.05, 3.63) is 11.6 Å². The van der Waals surface area contributed by atoms with E-state index in [1.165, 1.54) is 5.57 Å². The van der Waals surface area contributed by atoms with Crippen molar-refractivity contribution in [3.8, 4) is 0 Å². The first kappa shape index (κ1) is 25.3. The van der Waals surface area contributed by atoms with Gasteiger partial charge in [-0.25, -0.2) is 4.79 Å². The maximum Gasteiger partial charge on any atom is 0.327 e. The Kier molecular flexibility index (Phi) is 7.19. The third-order valence-corrected chi connectivity index (χ3v) is 9.89. The zero-order chi connectivity index (χ0) is 24.7. The van der Waals surface area contributed by atoms with E-state index in [2.05, 4.69) is 31.8 Å². The monoisotopic (exact) mass is 491 g/mol. The summed E-state index contributed by atoms with van der Waals surface area (Å²) in [6.07, 6.45) is 9.34. The van der Waals surface area contributed by atoms with E-state index < -0.39 is 23.9 Å². The molecule has 0 heterocycles. The number of carboxylic acid groups (broad SMARTS) is 1. The number of rotatable bonds is 7. The van der Waals surface area contributed by atoms with Crippen LogP contribution in [0.3, 0.4) is 0 Å². The molecule has 0 saturated heterocycles. The molecule has 0 aromatic heterocycles. The summed E-state index contributed by atoms with van der Waals surface area (Å²) in [5.74, 6) is -0.0724. The second-order valence-electron chi connectivity index (χ2n) is 11.2. The number of ether oxygens (including phenoxy) is 1. The van der Waals surface area contributed by atoms with Crippen LogP contribution in [0.15, 0.2) is 11.6 Å². The van der Waals surface area contributed by atoms with E-state index in [4.69, 9.17) is 9.84 Å². The summed E-state index contributed by atoms with van der Waals surface area (Å²) >= 11 is 3.93.